The van der Waals surface area contributed by atoms with Gasteiger partial charge in [0.2, 0.25) is 0 Å². The minimum Gasteiger partial charge on any atom is -0.481 e. The zero-order chi connectivity index (χ0) is 24.5. The number of carboxylic acid groups (broad SMARTS) is 1. The first-order valence-corrected chi connectivity index (χ1v) is 12.6. The molecule has 2 heterocycles. The van der Waals surface area contributed by atoms with Gasteiger partial charge in [-0.05, 0) is 50.5 Å². The van der Waals surface area contributed by atoms with Crippen LogP contribution in [0.15, 0.2) is 72.5 Å². The molecule has 4 heteroatoms. The van der Waals surface area contributed by atoms with Crippen molar-refractivity contribution in [2.75, 3.05) is 18.5 Å². The molecule has 34 heavy (non-hydrogen) atoms. The zero-order valence-electron chi connectivity index (χ0n) is 21.3. The van der Waals surface area contributed by atoms with Crippen LogP contribution in [0.3, 0.4) is 0 Å². The maximum absolute atomic E-state index is 10.9. The maximum Gasteiger partial charge on any atom is 0.303 e. The Kier molecular flexibility index (Phi) is 6.71. The molecule has 2 unspecified atom stereocenters. The second kappa shape index (κ2) is 9.40. The molecule has 0 saturated carbocycles. The van der Waals surface area contributed by atoms with Crippen LogP contribution in [0.4, 0.5) is 5.69 Å². The highest BCUT2D eigenvalue weighted by molar-refractivity contribution is 5.97. The Labute approximate surface area is 204 Å². The Morgan fingerprint density at radius 2 is 1.82 bits per heavy atom. The predicted octanol–water partition coefficient (Wildman–Crippen LogP) is 6.10. The first-order chi connectivity index (χ1) is 16.2. The number of hydrogen-bond acceptors (Lipinski definition) is 2. The number of para-hydroxylation sites is 1. The molecule has 0 radical (unpaired) electrons. The summed E-state index contributed by atoms with van der Waals surface area (Å²) in [6.07, 6.45) is 18.8. The van der Waals surface area contributed by atoms with Gasteiger partial charge in [0.15, 0.2) is 11.8 Å². The van der Waals surface area contributed by atoms with E-state index in [-0.39, 0.29) is 17.3 Å². The summed E-state index contributed by atoms with van der Waals surface area (Å²) < 4.78 is 2.55. The van der Waals surface area contributed by atoms with Gasteiger partial charge in [-0.2, -0.15) is 0 Å². The summed E-state index contributed by atoms with van der Waals surface area (Å²) in [4.78, 5) is 13.2. The highest BCUT2D eigenvalue weighted by Gasteiger charge is 2.52. The number of benzene rings is 1. The van der Waals surface area contributed by atoms with E-state index in [0.29, 0.717) is 12.0 Å². The van der Waals surface area contributed by atoms with E-state index in [1.165, 1.54) is 22.7 Å². The van der Waals surface area contributed by atoms with Gasteiger partial charge in [0.05, 0.1) is 11.3 Å². The molecule has 1 aromatic carbocycles. The summed E-state index contributed by atoms with van der Waals surface area (Å²) in [5.74, 6) is -0.258. The van der Waals surface area contributed by atoms with Crippen molar-refractivity contribution in [2.45, 2.75) is 64.8 Å². The largest absolute Gasteiger partial charge is 0.481 e. The quantitative estimate of drug-likeness (QED) is 0.377. The van der Waals surface area contributed by atoms with E-state index in [0.717, 1.165) is 25.8 Å². The average molecular weight is 460 g/mol. The molecule has 4 rings (SSSR count). The summed E-state index contributed by atoms with van der Waals surface area (Å²) in [6, 6.07) is 9.04. The molecular formula is C30H39N2O2+. The molecule has 1 aliphatic carbocycles. The maximum atomic E-state index is 10.9. The molecule has 0 bridgehead atoms. The standard InChI is InChI=1S/C30H38N2O2/c1-29(2)22-14-8-10-16-24(22)31(5)26(29)18-13-19-27-30(3,4)23-15-9-11-17-25(23)32(27)21-12-6-7-20-28(33)34/h8-11,13-19,23,25H,6-7,12,20-21H2,1-5H3/p+1. The van der Waals surface area contributed by atoms with Gasteiger partial charge in [-0.25, -0.2) is 4.58 Å². The lowest BCUT2D eigenvalue weighted by atomic mass is 9.73. The minimum absolute atomic E-state index is 0.0298. The van der Waals surface area contributed by atoms with Gasteiger partial charge in [-0.15, -0.1) is 0 Å². The number of unbranched alkanes of at least 4 members (excludes halogenated alkanes) is 2. The molecule has 0 saturated heterocycles. The van der Waals surface area contributed by atoms with Crippen LogP contribution in [-0.2, 0) is 10.2 Å². The predicted molar refractivity (Wildman–Crippen MR) is 141 cm³/mol. The normalized spacial score (nSPS) is 25.4. The third-order valence-corrected chi connectivity index (χ3v) is 8.01. The number of nitrogens with zero attached hydrogens (tertiary/aromatic N) is 2. The van der Waals surface area contributed by atoms with E-state index in [1.807, 2.05) is 0 Å². The first kappa shape index (κ1) is 24.3. The lowest BCUT2D eigenvalue weighted by Crippen LogP contribution is -2.30. The summed E-state index contributed by atoms with van der Waals surface area (Å²) >= 11 is 0. The number of fused-ring (bicyclic) bond motifs is 2. The van der Waals surface area contributed by atoms with Crippen molar-refractivity contribution in [1.29, 1.82) is 0 Å². The average Bonchev–Trinajstić information content (AvgIpc) is 3.13. The van der Waals surface area contributed by atoms with Gasteiger partial charge in [0, 0.05) is 42.8 Å². The van der Waals surface area contributed by atoms with Crippen LogP contribution in [0.25, 0.3) is 0 Å². The number of allylic oxidation sites excluding steroid dienone is 6. The second-order valence-electron chi connectivity index (χ2n) is 10.9. The Bertz CT molecular complexity index is 1100. The van der Waals surface area contributed by atoms with Crippen molar-refractivity contribution < 1.29 is 14.5 Å². The Hall–Kier alpha value is -2.88. The van der Waals surface area contributed by atoms with E-state index in [4.69, 9.17) is 5.11 Å². The fraction of sp³-hybridized carbons (Fsp3) is 0.467. The fourth-order valence-corrected chi connectivity index (χ4v) is 6.11. The van der Waals surface area contributed by atoms with Crippen molar-refractivity contribution in [3.05, 3.63) is 78.1 Å². The molecule has 2 atom stereocenters. The van der Waals surface area contributed by atoms with Crippen LogP contribution < -0.4 is 4.90 Å². The van der Waals surface area contributed by atoms with Crippen LogP contribution in [0, 0.1) is 11.3 Å². The number of carbonyl (C=O) groups is 1. The van der Waals surface area contributed by atoms with Crippen molar-refractivity contribution in [2.24, 2.45) is 11.3 Å². The Morgan fingerprint density at radius 1 is 1.09 bits per heavy atom. The number of likely N-dealkylation sites (N-methyl/N-ethyl adjacent to an activating group) is 1. The topological polar surface area (TPSA) is 43.5 Å². The molecule has 4 nitrogen and oxygen atoms in total. The van der Waals surface area contributed by atoms with E-state index in [2.05, 4.69) is 111 Å². The zero-order valence-corrected chi connectivity index (χ0v) is 21.3. The third kappa shape index (κ3) is 4.31. The molecule has 0 fully saturated rings. The molecule has 0 aromatic heterocycles. The smallest absolute Gasteiger partial charge is 0.303 e. The summed E-state index contributed by atoms with van der Waals surface area (Å²) in [5, 5.41) is 8.94. The molecule has 1 aromatic rings. The highest BCUT2D eigenvalue weighted by Crippen LogP contribution is 2.47. The fourth-order valence-electron chi connectivity index (χ4n) is 6.11. The van der Waals surface area contributed by atoms with Crippen molar-refractivity contribution in [3.63, 3.8) is 0 Å². The van der Waals surface area contributed by atoms with Crippen molar-refractivity contribution in [3.8, 4) is 0 Å². The molecule has 2 aliphatic heterocycles. The van der Waals surface area contributed by atoms with Gasteiger partial charge in [-0.1, -0.05) is 56.4 Å². The van der Waals surface area contributed by atoms with E-state index >= 15 is 0 Å². The van der Waals surface area contributed by atoms with Crippen LogP contribution in [0.5, 0.6) is 0 Å². The van der Waals surface area contributed by atoms with Gasteiger partial charge in [0.1, 0.15) is 6.54 Å². The van der Waals surface area contributed by atoms with E-state index < -0.39 is 5.97 Å². The number of aliphatic carboxylic acids is 1. The Morgan fingerprint density at radius 3 is 2.56 bits per heavy atom. The number of hydrogen-bond donors (Lipinski definition) is 1. The molecule has 0 spiro atoms. The summed E-state index contributed by atoms with van der Waals surface area (Å²) in [7, 11) is 2.16. The number of carboxylic acids is 1. The molecular weight excluding hydrogens is 420 g/mol. The van der Waals surface area contributed by atoms with Crippen LogP contribution >= 0.6 is 0 Å². The van der Waals surface area contributed by atoms with Crippen LogP contribution in [0.2, 0.25) is 0 Å². The van der Waals surface area contributed by atoms with E-state index in [1.54, 1.807) is 0 Å². The van der Waals surface area contributed by atoms with Crippen molar-refractivity contribution in [1.82, 2.24) is 0 Å². The van der Waals surface area contributed by atoms with Gasteiger partial charge in [0.25, 0.3) is 0 Å². The molecule has 3 aliphatic rings. The molecule has 0 amide bonds. The van der Waals surface area contributed by atoms with E-state index in [9.17, 15) is 4.79 Å². The molecule has 1 N–H and O–H groups in total. The SMILES string of the molecule is CN1C(=CC=CC2=[N+](CCCCCC(=O)O)C3C=CC=CC3C2(C)C)C(C)(C)c2ccccc21. The van der Waals surface area contributed by atoms with Gasteiger partial charge in [-0.3, -0.25) is 4.79 Å². The minimum atomic E-state index is -0.701. The number of anilines is 1. The second-order valence-corrected chi connectivity index (χ2v) is 10.9. The summed E-state index contributed by atoms with van der Waals surface area (Å²) in [5.41, 5.74) is 5.32. The lowest BCUT2D eigenvalue weighted by molar-refractivity contribution is -0.550. The van der Waals surface area contributed by atoms with Crippen molar-refractivity contribution >= 4 is 17.4 Å². The summed E-state index contributed by atoms with van der Waals surface area (Å²) in [6.45, 7) is 10.3. The number of rotatable bonds is 8. The first-order valence-electron chi connectivity index (χ1n) is 12.6. The lowest BCUT2D eigenvalue weighted by Gasteiger charge is -2.24. The molecule has 180 valence electrons. The third-order valence-electron chi connectivity index (χ3n) is 8.01. The Balaban J connectivity index is 1.61. The van der Waals surface area contributed by atoms with Crippen LogP contribution in [0.1, 0.15) is 58.9 Å². The van der Waals surface area contributed by atoms with Gasteiger partial charge < -0.3 is 10.0 Å². The highest BCUT2D eigenvalue weighted by atomic mass is 16.4. The van der Waals surface area contributed by atoms with Gasteiger partial charge >= 0.3 is 5.97 Å². The van der Waals surface area contributed by atoms with Crippen LogP contribution in [-0.4, -0.2) is 41.0 Å². The monoisotopic (exact) mass is 459 g/mol.